The smallest absolute Gasteiger partial charge is 0.465 e. The van der Waals surface area contributed by atoms with Crippen LogP contribution in [0.4, 0.5) is 0 Å². The number of benzene rings is 2. The fourth-order valence-corrected chi connectivity index (χ4v) is 5.52. The van der Waals surface area contributed by atoms with Crippen molar-refractivity contribution in [2.45, 2.75) is 89.7 Å². The Hall–Kier alpha value is -2.11. The van der Waals surface area contributed by atoms with Crippen molar-refractivity contribution in [1.82, 2.24) is 0 Å². The van der Waals surface area contributed by atoms with Crippen molar-refractivity contribution in [1.29, 1.82) is 0 Å². The first-order valence-corrected chi connectivity index (χ1v) is 12.6. The Bertz CT molecular complexity index is 959. The fourth-order valence-electron chi connectivity index (χ4n) is 5.52. The van der Waals surface area contributed by atoms with Crippen LogP contribution < -0.4 is 0 Å². The molecule has 0 radical (unpaired) electrons. The van der Waals surface area contributed by atoms with Crippen molar-refractivity contribution < 1.29 is 18.8 Å². The molecule has 0 amide bonds. The van der Waals surface area contributed by atoms with Crippen LogP contribution >= 0.6 is 0 Å². The maximum Gasteiger partial charge on any atom is 0.465 e. The van der Waals surface area contributed by atoms with Gasteiger partial charge in [0.15, 0.2) is 0 Å². The third kappa shape index (κ3) is 5.11. The van der Waals surface area contributed by atoms with E-state index in [9.17, 15) is 4.79 Å². The van der Waals surface area contributed by atoms with Crippen molar-refractivity contribution in [3.8, 4) is 0 Å². The largest absolute Gasteiger partial charge is 0.465 e. The van der Waals surface area contributed by atoms with Gasteiger partial charge in [-0.1, -0.05) is 49.4 Å². The summed E-state index contributed by atoms with van der Waals surface area (Å²) in [5.41, 5.74) is 2.62. The van der Waals surface area contributed by atoms with E-state index >= 15 is 0 Å². The van der Waals surface area contributed by atoms with E-state index in [1.165, 1.54) is 38.4 Å². The van der Waals surface area contributed by atoms with E-state index in [0.29, 0.717) is 11.5 Å². The van der Waals surface area contributed by atoms with Crippen LogP contribution in [-0.2, 0) is 14.0 Å². The number of carbonyl (C=O) groups is 1. The van der Waals surface area contributed by atoms with Crippen LogP contribution in [0.2, 0.25) is 0 Å². The average Bonchev–Trinajstić information content (AvgIpc) is 3.04. The molecule has 0 aromatic heterocycles. The highest BCUT2D eigenvalue weighted by Crippen LogP contribution is 2.50. The van der Waals surface area contributed by atoms with Crippen molar-refractivity contribution in [3.05, 3.63) is 71.3 Å². The maximum atomic E-state index is 12.0. The normalized spacial score (nSPS) is 26.8. The molecule has 2 aliphatic rings. The SMILES string of the molecule is COC(=O)c1ccc(C(CC2(C)CCC(c3ccccc3)CC2)B2OC(C)(C)C(C)(C)O2)cc1. The van der Waals surface area contributed by atoms with E-state index in [1.807, 2.05) is 24.3 Å². The van der Waals surface area contributed by atoms with Crippen molar-refractivity contribution in [2.75, 3.05) is 7.11 Å². The van der Waals surface area contributed by atoms with Gasteiger partial charge in [0.05, 0.1) is 23.9 Å². The Balaban J connectivity index is 1.56. The zero-order valence-corrected chi connectivity index (χ0v) is 21.6. The van der Waals surface area contributed by atoms with Gasteiger partial charge in [-0.25, -0.2) is 4.79 Å². The second-order valence-corrected chi connectivity index (χ2v) is 11.5. The summed E-state index contributed by atoms with van der Waals surface area (Å²) >= 11 is 0. The number of hydrogen-bond acceptors (Lipinski definition) is 4. The van der Waals surface area contributed by atoms with Gasteiger partial charge in [0.25, 0.3) is 0 Å². The molecule has 1 unspecified atom stereocenters. The third-order valence-electron chi connectivity index (χ3n) is 8.54. The van der Waals surface area contributed by atoms with Gasteiger partial charge in [-0.3, -0.25) is 0 Å². The minimum absolute atomic E-state index is 0.0889. The molecule has 1 aliphatic carbocycles. The lowest BCUT2D eigenvalue weighted by molar-refractivity contribution is 0.00578. The molecule has 1 saturated carbocycles. The van der Waals surface area contributed by atoms with Crippen molar-refractivity contribution >= 4 is 13.1 Å². The van der Waals surface area contributed by atoms with Gasteiger partial charge in [0.2, 0.25) is 0 Å². The minimum atomic E-state index is -0.381. The lowest BCUT2D eigenvalue weighted by Gasteiger charge is -2.40. The Labute approximate surface area is 205 Å². The van der Waals surface area contributed by atoms with E-state index in [1.54, 1.807) is 0 Å². The monoisotopic (exact) mass is 462 g/mol. The first-order chi connectivity index (χ1) is 16.0. The zero-order chi connectivity index (χ0) is 24.6. The van der Waals surface area contributed by atoms with Gasteiger partial charge in [-0.2, -0.15) is 0 Å². The highest BCUT2D eigenvalue weighted by molar-refractivity contribution is 6.47. The van der Waals surface area contributed by atoms with Crippen LogP contribution in [0, 0.1) is 5.41 Å². The Morgan fingerprint density at radius 2 is 1.50 bits per heavy atom. The molecule has 4 rings (SSSR count). The summed E-state index contributed by atoms with van der Waals surface area (Å²) in [6.07, 6.45) is 5.77. The summed E-state index contributed by atoms with van der Waals surface area (Å²) in [7, 11) is 1.09. The highest BCUT2D eigenvalue weighted by atomic mass is 16.7. The predicted octanol–water partition coefficient (Wildman–Crippen LogP) is 6.94. The maximum absolute atomic E-state index is 12.0. The lowest BCUT2D eigenvalue weighted by atomic mass is 9.57. The van der Waals surface area contributed by atoms with E-state index in [4.69, 9.17) is 14.0 Å². The Morgan fingerprint density at radius 3 is 2.03 bits per heavy atom. The van der Waals surface area contributed by atoms with Gasteiger partial charge in [0, 0.05) is 5.82 Å². The Kier molecular flexibility index (Phi) is 6.99. The molecular weight excluding hydrogens is 423 g/mol. The number of rotatable bonds is 6. The molecular formula is C29H39BO4. The molecule has 34 heavy (non-hydrogen) atoms. The number of esters is 1. The number of hydrogen-bond donors (Lipinski definition) is 0. The van der Waals surface area contributed by atoms with Gasteiger partial charge in [0.1, 0.15) is 0 Å². The second-order valence-electron chi connectivity index (χ2n) is 11.5. The van der Waals surface area contributed by atoms with Crippen LogP contribution in [0.5, 0.6) is 0 Å². The summed E-state index contributed by atoms with van der Waals surface area (Å²) in [5, 5.41) is 0. The predicted molar refractivity (Wildman–Crippen MR) is 137 cm³/mol. The molecule has 1 atom stereocenters. The Morgan fingerprint density at radius 1 is 0.941 bits per heavy atom. The van der Waals surface area contributed by atoms with Crippen LogP contribution in [0.3, 0.4) is 0 Å². The molecule has 0 N–H and O–H groups in total. The first-order valence-electron chi connectivity index (χ1n) is 12.6. The van der Waals surface area contributed by atoms with Crippen molar-refractivity contribution in [2.24, 2.45) is 5.41 Å². The molecule has 0 spiro atoms. The zero-order valence-electron chi connectivity index (χ0n) is 21.6. The van der Waals surface area contributed by atoms with Gasteiger partial charge < -0.3 is 14.0 Å². The summed E-state index contributed by atoms with van der Waals surface area (Å²) in [6, 6.07) is 18.7. The van der Waals surface area contributed by atoms with Crippen LogP contribution in [0.25, 0.3) is 0 Å². The summed E-state index contributed by atoms with van der Waals surface area (Å²) in [5.74, 6) is 0.417. The van der Waals surface area contributed by atoms with Crippen LogP contribution in [0.15, 0.2) is 54.6 Å². The van der Waals surface area contributed by atoms with E-state index in [0.717, 1.165) is 12.0 Å². The van der Waals surface area contributed by atoms with Gasteiger partial charge >= 0.3 is 13.1 Å². The molecule has 4 nitrogen and oxygen atoms in total. The molecule has 1 aliphatic heterocycles. The lowest BCUT2D eigenvalue weighted by Crippen LogP contribution is -2.41. The minimum Gasteiger partial charge on any atom is -0.465 e. The third-order valence-corrected chi connectivity index (χ3v) is 8.54. The average molecular weight is 462 g/mol. The molecule has 0 bridgehead atoms. The highest BCUT2D eigenvalue weighted by Gasteiger charge is 2.55. The summed E-state index contributed by atoms with van der Waals surface area (Å²) < 4.78 is 18.0. The molecule has 5 heteroatoms. The second kappa shape index (κ2) is 9.51. The standard InChI is InChI=1S/C29H39BO4/c1-27(2)28(3,4)34-30(33-27)25(23-12-14-24(15-13-23)26(31)32-6)20-29(5)18-16-22(17-19-29)21-10-8-7-9-11-21/h7-15,22,25H,16-20H2,1-6H3. The number of methoxy groups -OCH3 is 1. The summed E-state index contributed by atoms with van der Waals surface area (Å²) in [6.45, 7) is 10.9. The van der Waals surface area contributed by atoms with E-state index in [2.05, 4.69) is 65.0 Å². The van der Waals surface area contributed by atoms with Crippen LogP contribution in [-0.4, -0.2) is 31.4 Å². The van der Waals surface area contributed by atoms with Gasteiger partial charge in [-0.05, 0) is 94.4 Å². The molecule has 1 heterocycles. The molecule has 1 saturated heterocycles. The molecule has 182 valence electrons. The number of carbonyl (C=O) groups excluding carboxylic acids is 1. The molecule has 2 aromatic rings. The van der Waals surface area contributed by atoms with E-state index in [-0.39, 0.29) is 35.5 Å². The molecule has 2 fully saturated rings. The first kappa shape index (κ1) is 25.0. The van der Waals surface area contributed by atoms with Gasteiger partial charge in [-0.15, -0.1) is 0 Å². The number of ether oxygens (including phenoxy) is 1. The van der Waals surface area contributed by atoms with Crippen molar-refractivity contribution in [3.63, 3.8) is 0 Å². The molecule has 2 aromatic carbocycles. The van der Waals surface area contributed by atoms with E-state index < -0.39 is 0 Å². The fraction of sp³-hybridized carbons (Fsp3) is 0.552. The topological polar surface area (TPSA) is 44.8 Å². The quantitative estimate of drug-likeness (QED) is 0.345. The van der Waals surface area contributed by atoms with Crippen LogP contribution in [0.1, 0.15) is 99.9 Å². The summed E-state index contributed by atoms with van der Waals surface area (Å²) in [4.78, 5) is 12.0.